The maximum Gasteiger partial charge on any atom is 0.0593 e. The summed E-state index contributed by atoms with van der Waals surface area (Å²) in [5.74, 6) is 0.713. The fourth-order valence-electron chi connectivity index (χ4n) is 2.12. The van der Waals surface area contributed by atoms with Crippen LogP contribution in [0.15, 0.2) is 0 Å². The molecule has 0 aromatic carbocycles. The molecule has 1 aliphatic carbocycles. The number of rotatable bonds is 2. The molecule has 1 aliphatic heterocycles. The van der Waals surface area contributed by atoms with Crippen molar-refractivity contribution in [3.05, 3.63) is 0 Å². The first-order valence-electron chi connectivity index (χ1n) is 5.48. The van der Waals surface area contributed by atoms with E-state index < -0.39 is 0 Å². The van der Waals surface area contributed by atoms with Gasteiger partial charge in [0.1, 0.15) is 0 Å². The maximum atomic E-state index is 5.53. The lowest BCUT2D eigenvalue weighted by Gasteiger charge is -2.24. The Morgan fingerprint density at radius 3 is 2.92 bits per heavy atom. The van der Waals surface area contributed by atoms with Crippen LogP contribution >= 0.6 is 0 Å². The van der Waals surface area contributed by atoms with Crippen LogP contribution in [0.4, 0.5) is 0 Å². The van der Waals surface area contributed by atoms with E-state index in [1.165, 1.54) is 25.9 Å². The van der Waals surface area contributed by atoms with Gasteiger partial charge in [-0.1, -0.05) is 13.8 Å². The fourth-order valence-corrected chi connectivity index (χ4v) is 2.12. The summed E-state index contributed by atoms with van der Waals surface area (Å²) >= 11 is 0. The summed E-state index contributed by atoms with van der Waals surface area (Å²) in [7, 11) is 0. The molecule has 1 saturated carbocycles. The van der Waals surface area contributed by atoms with Crippen molar-refractivity contribution < 1.29 is 4.74 Å². The van der Waals surface area contributed by atoms with Crippen LogP contribution in [-0.2, 0) is 4.74 Å². The Morgan fingerprint density at radius 1 is 1.46 bits per heavy atom. The zero-order valence-electron chi connectivity index (χ0n) is 8.88. The average Bonchev–Trinajstić information content (AvgIpc) is 2.79. The van der Waals surface area contributed by atoms with Crippen molar-refractivity contribution in [1.29, 1.82) is 0 Å². The van der Waals surface area contributed by atoms with Crippen LogP contribution in [-0.4, -0.2) is 37.7 Å². The van der Waals surface area contributed by atoms with Crippen LogP contribution < -0.4 is 0 Å². The molecule has 1 atom stereocenters. The normalized spacial score (nSPS) is 34.2. The molecule has 0 aromatic rings. The predicted molar refractivity (Wildman–Crippen MR) is 53.8 cm³/mol. The molecule has 0 N–H and O–H groups in total. The van der Waals surface area contributed by atoms with Crippen LogP contribution in [0.1, 0.15) is 26.7 Å². The molecule has 0 amide bonds. The van der Waals surface area contributed by atoms with E-state index in [9.17, 15) is 0 Å². The van der Waals surface area contributed by atoms with Crippen LogP contribution in [0.2, 0.25) is 0 Å². The van der Waals surface area contributed by atoms with E-state index in [4.69, 9.17) is 4.74 Å². The van der Waals surface area contributed by atoms with E-state index in [2.05, 4.69) is 18.7 Å². The third-order valence-electron chi connectivity index (χ3n) is 3.23. The molecule has 2 rings (SSSR count). The first kappa shape index (κ1) is 9.47. The van der Waals surface area contributed by atoms with Gasteiger partial charge in [-0.15, -0.1) is 0 Å². The second kappa shape index (κ2) is 3.58. The highest BCUT2D eigenvalue weighted by molar-refractivity contribution is 4.91. The summed E-state index contributed by atoms with van der Waals surface area (Å²) in [6.07, 6.45) is 2.86. The van der Waals surface area contributed by atoms with E-state index in [0.717, 1.165) is 19.8 Å². The minimum Gasteiger partial charge on any atom is -0.380 e. The molecular formula is C11H21NO. The predicted octanol–water partition coefficient (Wildman–Crippen LogP) is 1.75. The van der Waals surface area contributed by atoms with Gasteiger partial charge in [-0.05, 0) is 24.2 Å². The highest BCUT2D eigenvalue weighted by atomic mass is 16.5. The molecule has 0 spiro atoms. The Hall–Kier alpha value is -0.0800. The monoisotopic (exact) mass is 183 g/mol. The average molecular weight is 183 g/mol. The van der Waals surface area contributed by atoms with Gasteiger partial charge in [-0.25, -0.2) is 0 Å². The Bertz CT molecular complexity index is 177. The lowest BCUT2D eigenvalue weighted by Crippen LogP contribution is -2.33. The number of ether oxygens (including phenoxy) is 1. The summed E-state index contributed by atoms with van der Waals surface area (Å²) in [6.45, 7) is 10.2. The second-order valence-electron chi connectivity index (χ2n) is 5.23. The van der Waals surface area contributed by atoms with E-state index in [-0.39, 0.29) is 0 Å². The summed E-state index contributed by atoms with van der Waals surface area (Å²) in [5.41, 5.74) is 0.657. The van der Waals surface area contributed by atoms with E-state index in [0.29, 0.717) is 11.3 Å². The highest BCUT2D eigenvalue weighted by Crippen LogP contribution is 2.45. The molecule has 2 aliphatic rings. The van der Waals surface area contributed by atoms with Gasteiger partial charge in [-0.2, -0.15) is 0 Å². The molecule has 13 heavy (non-hydrogen) atoms. The van der Waals surface area contributed by atoms with Gasteiger partial charge in [0, 0.05) is 19.6 Å². The summed E-state index contributed by atoms with van der Waals surface area (Å²) < 4.78 is 5.53. The first-order chi connectivity index (χ1) is 6.18. The Balaban J connectivity index is 1.82. The molecule has 1 heterocycles. The topological polar surface area (TPSA) is 12.5 Å². The van der Waals surface area contributed by atoms with Gasteiger partial charge < -0.3 is 9.64 Å². The number of hydrogen-bond acceptors (Lipinski definition) is 2. The van der Waals surface area contributed by atoms with Crippen LogP contribution in [0.25, 0.3) is 0 Å². The molecule has 0 bridgehead atoms. The summed E-state index contributed by atoms with van der Waals surface area (Å²) in [5, 5.41) is 0. The third-order valence-corrected chi connectivity index (χ3v) is 3.23. The Kier molecular flexibility index (Phi) is 2.61. The molecular weight excluding hydrogens is 162 g/mol. The molecule has 2 heteroatoms. The van der Waals surface area contributed by atoms with Gasteiger partial charge in [0.15, 0.2) is 0 Å². The quantitative estimate of drug-likeness (QED) is 0.647. The Morgan fingerprint density at radius 2 is 2.23 bits per heavy atom. The van der Waals surface area contributed by atoms with Crippen molar-refractivity contribution in [2.45, 2.75) is 26.7 Å². The van der Waals surface area contributed by atoms with Crippen molar-refractivity contribution in [2.24, 2.45) is 11.3 Å². The lowest BCUT2D eigenvalue weighted by atomic mass is 10.1. The molecule has 76 valence electrons. The van der Waals surface area contributed by atoms with Gasteiger partial charge in [0.25, 0.3) is 0 Å². The minimum absolute atomic E-state index is 0.657. The van der Waals surface area contributed by atoms with Crippen molar-refractivity contribution >= 4 is 0 Å². The standard InChI is InChI=1S/C11H21NO/c1-10-7-12(5-6-13-8-10)9-11(2)3-4-11/h10H,3-9H2,1-2H3. The van der Waals surface area contributed by atoms with Gasteiger partial charge in [-0.3, -0.25) is 0 Å². The fraction of sp³-hybridized carbons (Fsp3) is 1.00. The molecule has 2 fully saturated rings. The second-order valence-corrected chi connectivity index (χ2v) is 5.23. The largest absolute Gasteiger partial charge is 0.380 e. The van der Waals surface area contributed by atoms with E-state index >= 15 is 0 Å². The smallest absolute Gasteiger partial charge is 0.0593 e. The van der Waals surface area contributed by atoms with Crippen molar-refractivity contribution in [2.75, 3.05) is 32.8 Å². The van der Waals surface area contributed by atoms with Gasteiger partial charge >= 0.3 is 0 Å². The van der Waals surface area contributed by atoms with Gasteiger partial charge in [0.05, 0.1) is 13.2 Å². The van der Waals surface area contributed by atoms with Crippen molar-refractivity contribution in [1.82, 2.24) is 4.90 Å². The lowest BCUT2D eigenvalue weighted by molar-refractivity contribution is 0.125. The molecule has 1 saturated heterocycles. The maximum absolute atomic E-state index is 5.53. The van der Waals surface area contributed by atoms with E-state index in [1.807, 2.05) is 0 Å². The highest BCUT2D eigenvalue weighted by Gasteiger charge is 2.38. The zero-order valence-corrected chi connectivity index (χ0v) is 8.88. The SMILES string of the molecule is CC1COCCN(CC2(C)CC2)C1. The first-order valence-corrected chi connectivity index (χ1v) is 5.48. The number of hydrogen-bond donors (Lipinski definition) is 0. The van der Waals surface area contributed by atoms with E-state index in [1.54, 1.807) is 0 Å². The van der Waals surface area contributed by atoms with Crippen LogP contribution in [0, 0.1) is 11.3 Å². The number of nitrogens with zero attached hydrogens (tertiary/aromatic N) is 1. The molecule has 1 unspecified atom stereocenters. The molecule has 0 aromatic heterocycles. The Labute approximate surface area is 81.3 Å². The van der Waals surface area contributed by atoms with Crippen LogP contribution in [0.3, 0.4) is 0 Å². The summed E-state index contributed by atoms with van der Waals surface area (Å²) in [6, 6.07) is 0. The third kappa shape index (κ3) is 2.68. The minimum atomic E-state index is 0.657. The molecule has 2 nitrogen and oxygen atoms in total. The molecule has 0 radical (unpaired) electrons. The summed E-state index contributed by atoms with van der Waals surface area (Å²) in [4.78, 5) is 2.59. The zero-order chi connectivity index (χ0) is 9.31. The van der Waals surface area contributed by atoms with Crippen molar-refractivity contribution in [3.8, 4) is 0 Å². The van der Waals surface area contributed by atoms with Crippen LogP contribution in [0.5, 0.6) is 0 Å². The van der Waals surface area contributed by atoms with Crippen molar-refractivity contribution in [3.63, 3.8) is 0 Å². The van der Waals surface area contributed by atoms with Gasteiger partial charge in [0.2, 0.25) is 0 Å².